The van der Waals surface area contributed by atoms with Crippen molar-refractivity contribution in [2.75, 3.05) is 18.6 Å². The first-order valence-electron chi connectivity index (χ1n) is 5.65. The summed E-state index contributed by atoms with van der Waals surface area (Å²) in [5, 5.41) is 0. The second-order valence-corrected chi connectivity index (χ2v) is 3.64. The molecule has 0 saturated heterocycles. The first kappa shape index (κ1) is 13.2. The molecule has 92 valence electrons. The Kier molecular flexibility index (Phi) is 5.20. The summed E-state index contributed by atoms with van der Waals surface area (Å²) >= 11 is 0. The van der Waals surface area contributed by atoms with Crippen LogP contribution in [0.4, 0.5) is 5.69 Å². The van der Waals surface area contributed by atoms with Gasteiger partial charge in [0.15, 0.2) is 0 Å². The average Bonchev–Trinajstić information content (AvgIpc) is 2.39. The van der Waals surface area contributed by atoms with Crippen molar-refractivity contribution >= 4 is 17.6 Å². The van der Waals surface area contributed by atoms with Crippen molar-refractivity contribution in [3.8, 4) is 0 Å². The summed E-state index contributed by atoms with van der Waals surface area (Å²) in [6.45, 7) is 2.56. The lowest BCUT2D eigenvalue weighted by atomic mass is 10.2. The van der Waals surface area contributed by atoms with Crippen molar-refractivity contribution in [1.29, 1.82) is 0 Å². The van der Waals surface area contributed by atoms with Crippen molar-refractivity contribution in [2.45, 2.75) is 19.8 Å². The highest BCUT2D eigenvalue weighted by molar-refractivity contribution is 6.38. The van der Waals surface area contributed by atoms with E-state index in [-0.39, 0.29) is 0 Å². The summed E-state index contributed by atoms with van der Waals surface area (Å²) in [6, 6.07) is 9.13. The van der Waals surface area contributed by atoms with Gasteiger partial charge in [0.05, 0.1) is 7.11 Å². The van der Waals surface area contributed by atoms with Gasteiger partial charge in [-0.05, 0) is 18.6 Å². The molecule has 0 aliphatic carbocycles. The fourth-order valence-corrected chi connectivity index (χ4v) is 1.47. The number of anilines is 1. The topological polar surface area (TPSA) is 46.6 Å². The molecule has 1 aromatic rings. The van der Waals surface area contributed by atoms with Gasteiger partial charge in [-0.1, -0.05) is 31.5 Å². The molecule has 0 fully saturated rings. The third-order valence-corrected chi connectivity index (χ3v) is 2.41. The van der Waals surface area contributed by atoms with E-state index in [1.807, 2.05) is 25.1 Å². The largest absolute Gasteiger partial charge is 0.462 e. The van der Waals surface area contributed by atoms with E-state index in [9.17, 15) is 9.59 Å². The number of unbranched alkanes of at least 4 members (excludes halogenated alkanes) is 1. The van der Waals surface area contributed by atoms with Crippen LogP contribution in [0.1, 0.15) is 19.8 Å². The lowest BCUT2D eigenvalue weighted by Gasteiger charge is -2.21. The third-order valence-electron chi connectivity index (χ3n) is 2.41. The summed E-state index contributed by atoms with van der Waals surface area (Å²) < 4.78 is 4.46. The molecule has 0 saturated carbocycles. The van der Waals surface area contributed by atoms with Crippen molar-refractivity contribution in [3.63, 3.8) is 0 Å². The fraction of sp³-hybridized carbons (Fsp3) is 0.385. The predicted octanol–water partition coefficient (Wildman–Crippen LogP) is 1.99. The van der Waals surface area contributed by atoms with Crippen molar-refractivity contribution in [1.82, 2.24) is 0 Å². The number of methoxy groups -OCH3 is 1. The van der Waals surface area contributed by atoms with Crippen LogP contribution in [0, 0.1) is 0 Å². The number of hydrogen-bond acceptors (Lipinski definition) is 3. The maximum atomic E-state index is 11.8. The number of ether oxygens (including phenoxy) is 1. The maximum Gasteiger partial charge on any atom is 0.397 e. The predicted molar refractivity (Wildman–Crippen MR) is 65.7 cm³/mol. The van der Waals surface area contributed by atoms with E-state index in [4.69, 9.17) is 0 Å². The molecule has 0 bridgehead atoms. The minimum absolute atomic E-state index is 0.522. The van der Waals surface area contributed by atoms with Crippen LogP contribution < -0.4 is 4.90 Å². The molecule has 0 aromatic heterocycles. The van der Waals surface area contributed by atoms with Gasteiger partial charge >= 0.3 is 11.9 Å². The van der Waals surface area contributed by atoms with Crippen LogP contribution in [0.5, 0.6) is 0 Å². The van der Waals surface area contributed by atoms with E-state index in [2.05, 4.69) is 4.74 Å². The summed E-state index contributed by atoms with van der Waals surface area (Å²) in [6.07, 6.45) is 1.80. The molecular formula is C13H17NO3. The zero-order valence-corrected chi connectivity index (χ0v) is 10.2. The lowest BCUT2D eigenvalue weighted by Crippen LogP contribution is -2.38. The molecule has 0 aliphatic heterocycles. The molecule has 0 atom stereocenters. The molecule has 1 aromatic carbocycles. The Morgan fingerprint density at radius 3 is 2.41 bits per heavy atom. The fourth-order valence-electron chi connectivity index (χ4n) is 1.47. The van der Waals surface area contributed by atoms with Gasteiger partial charge in [0, 0.05) is 12.2 Å². The molecule has 0 heterocycles. The number of nitrogens with zero attached hydrogens (tertiary/aromatic N) is 1. The highest BCUT2D eigenvalue weighted by Gasteiger charge is 2.23. The summed E-state index contributed by atoms with van der Waals surface area (Å²) in [7, 11) is 1.21. The molecule has 0 unspecified atom stereocenters. The van der Waals surface area contributed by atoms with E-state index < -0.39 is 11.9 Å². The van der Waals surface area contributed by atoms with Crippen LogP contribution in [-0.2, 0) is 14.3 Å². The van der Waals surface area contributed by atoms with Crippen molar-refractivity contribution in [2.24, 2.45) is 0 Å². The number of benzene rings is 1. The number of amides is 1. The molecule has 1 amide bonds. The highest BCUT2D eigenvalue weighted by atomic mass is 16.5. The van der Waals surface area contributed by atoms with Crippen LogP contribution in [-0.4, -0.2) is 25.5 Å². The van der Waals surface area contributed by atoms with Gasteiger partial charge in [-0.25, -0.2) is 4.79 Å². The minimum Gasteiger partial charge on any atom is -0.462 e. The second-order valence-electron chi connectivity index (χ2n) is 3.64. The second kappa shape index (κ2) is 6.68. The van der Waals surface area contributed by atoms with Crippen LogP contribution >= 0.6 is 0 Å². The lowest BCUT2D eigenvalue weighted by molar-refractivity contribution is -0.151. The Labute approximate surface area is 101 Å². The number of hydrogen-bond donors (Lipinski definition) is 0. The van der Waals surface area contributed by atoms with Gasteiger partial charge in [-0.3, -0.25) is 4.79 Å². The number of para-hydroxylation sites is 1. The number of carbonyl (C=O) groups is 2. The first-order valence-corrected chi connectivity index (χ1v) is 5.65. The third kappa shape index (κ3) is 3.59. The van der Waals surface area contributed by atoms with Crippen LogP contribution in [0.15, 0.2) is 30.3 Å². The summed E-state index contributed by atoms with van der Waals surface area (Å²) in [5.74, 6) is -1.45. The Bertz CT molecular complexity index is 376. The van der Waals surface area contributed by atoms with E-state index in [1.165, 1.54) is 12.0 Å². The normalized spacial score (nSPS) is 9.76. The van der Waals surface area contributed by atoms with Gasteiger partial charge in [-0.2, -0.15) is 0 Å². The number of esters is 1. The molecule has 0 aliphatic rings. The molecule has 17 heavy (non-hydrogen) atoms. The standard InChI is InChI=1S/C13H17NO3/c1-3-4-10-14(12(15)13(16)17-2)11-8-6-5-7-9-11/h5-9H,3-4,10H2,1-2H3. The van der Waals surface area contributed by atoms with Gasteiger partial charge < -0.3 is 9.64 Å². The molecule has 4 nitrogen and oxygen atoms in total. The van der Waals surface area contributed by atoms with Gasteiger partial charge in [0.1, 0.15) is 0 Å². The minimum atomic E-state index is -0.829. The Morgan fingerprint density at radius 1 is 1.24 bits per heavy atom. The number of carbonyl (C=O) groups excluding carboxylic acids is 2. The van der Waals surface area contributed by atoms with Gasteiger partial charge in [-0.15, -0.1) is 0 Å². The zero-order valence-electron chi connectivity index (χ0n) is 10.2. The maximum absolute atomic E-state index is 11.8. The van der Waals surface area contributed by atoms with Crippen molar-refractivity contribution < 1.29 is 14.3 Å². The van der Waals surface area contributed by atoms with Gasteiger partial charge in [0.25, 0.3) is 0 Å². The Balaban J connectivity index is 2.88. The van der Waals surface area contributed by atoms with E-state index in [0.29, 0.717) is 6.54 Å². The molecule has 0 N–H and O–H groups in total. The zero-order chi connectivity index (χ0) is 12.7. The Hall–Kier alpha value is -1.84. The monoisotopic (exact) mass is 235 g/mol. The molecule has 4 heteroatoms. The smallest absolute Gasteiger partial charge is 0.397 e. The van der Waals surface area contributed by atoms with Crippen LogP contribution in [0.2, 0.25) is 0 Å². The average molecular weight is 235 g/mol. The van der Waals surface area contributed by atoms with Gasteiger partial charge in [0.2, 0.25) is 0 Å². The molecule has 0 spiro atoms. The van der Waals surface area contributed by atoms with Crippen molar-refractivity contribution in [3.05, 3.63) is 30.3 Å². The molecule has 0 radical (unpaired) electrons. The Morgan fingerprint density at radius 2 is 1.88 bits per heavy atom. The molecule has 1 rings (SSSR count). The SMILES string of the molecule is CCCCN(C(=O)C(=O)OC)c1ccccc1. The van der Waals surface area contributed by atoms with E-state index in [0.717, 1.165) is 18.5 Å². The molecular weight excluding hydrogens is 218 g/mol. The van der Waals surface area contributed by atoms with E-state index >= 15 is 0 Å². The number of rotatable bonds is 4. The summed E-state index contributed by atoms with van der Waals surface area (Å²) in [5.41, 5.74) is 0.719. The van der Waals surface area contributed by atoms with Crippen LogP contribution in [0.25, 0.3) is 0 Å². The quantitative estimate of drug-likeness (QED) is 0.592. The van der Waals surface area contributed by atoms with Crippen LogP contribution in [0.3, 0.4) is 0 Å². The highest BCUT2D eigenvalue weighted by Crippen LogP contribution is 2.14. The summed E-state index contributed by atoms with van der Waals surface area (Å²) in [4.78, 5) is 24.6. The van der Waals surface area contributed by atoms with E-state index in [1.54, 1.807) is 12.1 Å². The first-order chi connectivity index (χ1) is 8.20.